The van der Waals surface area contributed by atoms with Gasteiger partial charge in [0, 0.05) is 13.2 Å². The van der Waals surface area contributed by atoms with Crippen molar-refractivity contribution in [3.8, 4) is 0 Å². The smallest absolute Gasteiger partial charge is 0.267 e. The first kappa shape index (κ1) is 16.2. The van der Waals surface area contributed by atoms with Gasteiger partial charge < -0.3 is 14.2 Å². The molecule has 0 radical (unpaired) electrons. The molecule has 0 aromatic heterocycles. The van der Waals surface area contributed by atoms with Crippen LogP contribution in [0.3, 0.4) is 0 Å². The van der Waals surface area contributed by atoms with E-state index in [1.54, 1.807) is 6.92 Å². The predicted molar refractivity (Wildman–Crippen MR) is 74.3 cm³/mol. The molecular weight excluding hydrogens is 276 g/mol. The third-order valence-electron chi connectivity index (χ3n) is 3.71. The van der Waals surface area contributed by atoms with E-state index >= 15 is 0 Å². The lowest BCUT2D eigenvalue weighted by Gasteiger charge is -2.24. The molecular formula is C14H24N2O5. The third kappa shape index (κ3) is 5.26. The highest BCUT2D eigenvalue weighted by molar-refractivity contribution is 5.86. The van der Waals surface area contributed by atoms with Gasteiger partial charge in [0.2, 0.25) is 0 Å². The standard InChI is InChI=1S/C14H24N2O5/c1-10(21-9-11-5-2-3-7-19-11)13(17)15-16-14(18)12-6-4-8-20-12/h10-12H,2-9H2,1H3,(H,15,17)(H,16,18). The molecule has 7 heteroatoms. The van der Waals surface area contributed by atoms with E-state index in [4.69, 9.17) is 14.2 Å². The van der Waals surface area contributed by atoms with Crippen LogP contribution < -0.4 is 10.9 Å². The van der Waals surface area contributed by atoms with Crippen molar-refractivity contribution in [3.63, 3.8) is 0 Å². The molecule has 3 atom stereocenters. The van der Waals surface area contributed by atoms with Crippen LogP contribution in [0.5, 0.6) is 0 Å². The summed E-state index contributed by atoms with van der Waals surface area (Å²) in [4.78, 5) is 23.5. The average molecular weight is 300 g/mol. The van der Waals surface area contributed by atoms with Crippen molar-refractivity contribution in [2.45, 2.75) is 57.3 Å². The van der Waals surface area contributed by atoms with Gasteiger partial charge in [-0.3, -0.25) is 20.4 Å². The minimum atomic E-state index is -0.639. The largest absolute Gasteiger partial charge is 0.376 e. The van der Waals surface area contributed by atoms with Crippen LogP contribution in [-0.2, 0) is 23.8 Å². The molecule has 2 rings (SSSR count). The Hall–Kier alpha value is -1.18. The normalized spacial score (nSPS) is 27.1. The van der Waals surface area contributed by atoms with Crippen molar-refractivity contribution in [2.24, 2.45) is 0 Å². The van der Waals surface area contributed by atoms with E-state index in [9.17, 15) is 9.59 Å². The van der Waals surface area contributed by atoms with Crippen LogP contribution in [0.15, 0.2) is 0 Å². The monoisotopic (exact) mass is 300 g/mol. The predicted octanol–water partition coefficient (Wildman–Crippen LogP) is 0.287. The molecule has 2 aliphatic heterocycles. The highest BCUT2D eigenvalue weighted by Crippen LogP contribution is 2.13. The highest BCUT2D eigenvalue weighted by atomic mass is 16.5. The topological polar surface area (TPSA) is 85.9 Å². The lowest BCUT2D eigenvalue weighted by Crippen LogP contribution is -2.49. The maximum atomic E-state index is 11.8. The van der Waals surface area contributed by atoms with Crippen LogP contribution in [0.2, 0.25) is 0 Å². The van der Waals surface area contributed by atoms with E-state index in [1.807, 2.05) is 0 Å². The molecule has 2 amide bonds. The van der Waals surface area contributed by atoms with Gasteiger partial charge in [-0.1, -0.05) is 0 Å². The van der Waals surface area contributed by atoms with Gasteiger partial charge in [0.1, 0.15) is 12.2 Å². The summed E-state index contributed by atoms with van der Waals surface area (Å²) < 4.78 is 16.2. The van der Waals surface area contributed by atoms with Gasteiger partial charge in [0.25, 0.3) is 11.8 Å². The molecule has 120 valence electrons. The Kier molecular flexibility index (Phi) is 6.41. The summed E-state index contributed by atoms with van der Waals surface area (Å²) in [6.45, 7) is 3.39. The molecule has 0 aliphatic carbocycles. The Labute approximate surface area is 124 Å². The van der Waals surface area contributed by atoms with Crippen molar-refractivity contribution in [1.82, 2.24) is 10.9 Å². The number of rotatable bonds is 5. The zero-order valence-corrected chi connectivity index (χ0v) is 12.4. The average Bonchev–Trinajstić information content (AvgIpc) is 3.05. The number of ether oxygens (including phenoxy) is 3. The van der Waals surface area contributed by atoms with Gasteiger partial charge in [0.05, 0.1) is 12.7 Å². The third-order valence-corrected chi connectivity index (χ3v) is 3.71. The summed E-state index contributed by atoms with van der Waals surface area (Å²) in [6, 6.07) is 0. The number of carbonyl (C=O) groups is 2. The lowest BCUT2D eigenvalue weighted by atomic mass is 10.1. The van der Waals surface area contributed by atoms with Gasteiger partial charge in [-0.05, 0) is 39.0 Å². The van der Waals surface area contributed by atoms with Crippen LogP contribution in [0.25, 0.3) is 0 Å². The Morgan fingerprint density at radius 3 is 2.62 bits per heavy atom. The zero-order chi connectivity index (χ0) is 15.1. The minimum absolute atomic E-state index is 0.0653. The summed E-state index contributed by atoms with van der Waals surface area (Å²) >= 11 is 0. The summed E-state index contributed by atoms with van der Waals surface area (Å²) in [5.74, 6) is -0.694. The fraction of sp³-hybridized carbons (Fsp3) is 0.857. The van der Waals surface area contributed by atoms with Crippen molar-refractivity contribution < 1.29 is 23.8 Å². The Bertz CT molecular complexity index is 351. The summed E-state index contributed by atoms with van der Waals surface area (Å²) in [6.07, 6.45) is 3.70. The molecule has 7 nitrogen and oxygen atoms in total. The lowest BCUT2D eigenvalue weighted by molar-refractivity contribution is -0.141. The Morgan fingerprint density at radius 2 is 1.95 bits per heavy atom. The van der Waals surface area contributed by atoms with Gasteiger partial charge in [-0.15, -0.1) is 0 Å². The Morgan fingerprint density at radius 1 is 1.14 bits per heavy atom. The number of carbonyl (C=O) groups excluding carboxylic acids is 2. The van der Waals surface area contributed by atoms with E-state index in [-0.39, 0.29) is 17.9 Å². The fourth-order valence-electron chi connectivity index (χ4n) is 2.36. The van der Waals surface area contributed by atoms with Crippen molar-refractivity contribution in [3.05, 3.63) is 0 Å². The molecule has 2 aliphatic rings. The van der Waals surface area contributed by atoms with E-state index in [0.29, 0.717) is 19.6 Å². The first-order valence-electron chi connectivity index (χ1n) is 7.61. The fourth-order valence-corrected chi connectivity index (χ4v) is 2.36. The second-order valence-electron chi connectivity index (χ2n) is 5.44. The van der Waals surface area contributed by atoms with E-state index in [0.717, 1.165) is 32.3 Å². The van der Waals surface area contributed by atoms with E-state index in [2.05, 4.69) is 10.9 Å². The molecule has 0 aromatic carbocycles. The zero-order valence-electron chi connectivity index (χ0n) is 12.4. The van der Waals surface area contributed by atoms with Gasteiger partial charge in [0.15, 0.2) is 0 Å². The molecule has 2 N–H and O–H groups in total. The highest BCUT2D eigenvalue weighted by Gasteiger charge is 2.25. The molecule has 2 fully saturated rings. The van der Waals surface area contributed by atoms with E-state index in [1.165, 1.54) is 0 Å². The molecule has 0 saturated carbocycles. The van der Waals surface area contributed by atoms with Crippen molar-refractivity contribution >= 4 is 11.8 Å². The van der Waals surface area contributed by atoms with Gasteiger partial charge in [-0.25, -0.2) is 0 Å². The van der Waals surface area contributed by atoms with Gasteiger partial charge >= 0.3 is 0 Å². The molecule has 21 heavy (non-hydrogen) atoms. The van der Waals surface area contributed by atoms with E-state index < -0.39 is 12.2 Å². The van der Waals surface area contributed by atoms with Crippen LogP contribution in [0.1, 0.15) is 39.0 Å². The quantitative estimate of drug-likeness (QED) is 0.713. The number of hydrogen-bond acceptors (Lipinski definition) is 5. The maximum Gasteiger partial charge on any atom is 0.267 e. The summed E-state index contributed by atoms with van der Waals surface area (Å²) in [5, 5.41) is 0. The van der Waals surface area contributed by atoms with Crippen LogP contribution >= 0.6 is 0 Å². The molecule has 0 spiro atoms. The molecule has 2 saturated heterocycles. The molecule has 2 heterocycles. The summed E-state index contributed by atoms with van der Waals surface area (Å²) in [5.41, 5.74) is 4.73. The SMILES string of the molecule is CC(OCC1CCCCO1)C(=O)NNC(=O)C1CCCO1. The Balaban J connectivity index is 1.61. The number of hydrogen-bond donors (Lipinski definition) is 2. The second-order valence-corrected chi connectivity index (χ2v) is 5.44. The number of hydrazine groups is 1. The molecule has 3 unspecified atom stereocenters. The first-order valence-corrected chi connectivity index (χ1v) is 7.61. The first-order chi connectivity index (χ1) is 10.2. The second kappa shape index (κ2) is 8.31. The van der Waals surface area contributed by atoms with Crippen LogP contribution in [-0.4, -0.2) is 49.9 Å². The molecule has 0 aromatic rings. The number of amides is 2. The minimum Gasteiger partial charge on any atom is -0.376 e. The van der Waals surface area contributed by atoms with Crippen LogP contribution in [0, 0.1) is 0 Å². The maximum absolute atomic E-state index is 11.8. The van der Waals surface area contributed by atoms with Crippen molar-refractivity contribution in [2.75, 3.05) is 19.8 Å². The van der Waals surface area contributed by atoms with Gasteiger partial charge in [-0.2, -0.15) is 0 Å². The number of nitrogens with one attached hydrogen (secondary N) is 2. The molecule has 0 bridgehead atoms. The van der Waals surface area contributed by atoms with Crippen LogP contribution in [0.4, 0.5) is 0 Å². The van der Waals surface area contributed by atoms with Crippen molar-refractivity contribution in [1.29, 1.82) is 0 Å². The summed E-state index contributed by atoms with van der Waals surface area (Å²) in [7, 11) is 0.